The van der Waals surface area contributed by atoms with Crippen LogP contribution in [-0.2, 0) is 6.54 Å². The van der Waals surface area contributed by atoms with Crippen molar-refractivity contribution in [1.29, 1.82) is 0 Å². The van der Waals surface area contributed by atoms with Gasteiger partial charge in [-0.3, -0.25) is 14.3 Å². The molecule has 0 bridgehead atoms. The lowest BCUT2D eigenvalue weighted by atomic mass is 10.1. The molecule has 1 aliphatic carbocycles. The van der Waals surface area contributed by atoms with Gasteiger partial charge in [-0.25, -0.2) is 4.79 Å². The van der Waals surface area contributed by atoms with Crippen molar-refractivity contribution in [3.8, 4) is 11.6 Å². The lowest BCUT2D eigenvalue weighted by molar-refractivity contribution is 0.118. The number of aliphatic hydroxyl groups excluding tert-OH is 2. The molecule has 2 aromatic rings. The minimum Gasteiger partial charge on any atom is -0.440 e. The Balaban J connectivity index is 2.09. The minimum absolute atomic E-state index is 0.0623. The van der Waals surface area contributed by atoms with Gasteiger partial charge in [-0.1, -0.05) is 19.9 Å². The van der Waals surface area contributed by atoms with Gasteiger partial charge in [0.1, 0.15) is 5.75 Å². The fourth-order valence-electron chi connectivity index (χ4n) is 3.80. The van der Waals surface area contributed by atoms with Crippen LogP contribution in [0.5, 0.6) is 11.6 Å². The van der Waals surface area contributed by atoms with E-state index in [9.17, 15) is 19.8 Å². The van der Waals surface area contributed by atoms with Crippen LogP contribution in [0.25, 0.3) is 0 Å². The summed E-state index contributed by atoms with van der Waals surface area (Å²) in [7, 11) is 0. The first-order valence-corrected chi connectivity index (χ1v) is 9.55. The number of nitrogens with one attached hydrogen (secondary N) is 1. The maximum absolute atomic E-state index is 12.6. The van der Waals surface area contributed by atoms with E-state index in [1.807, 2.05) is 45.9 Å². The van der Waals surface area contributed by atoms with Gasteiger partial charge in [0.15, 0.2) is 0 Å². The van der Waals surface area contributed by atoms with E-state index in [-0.39, 0.29) is 37.5 Å². The summed E-state index contributed by atoms with van der Waals surface area (Å²) in [5, 5.41) is 19.2. The highest BCUT2D eigenvalue weighted by Crippen LogP contribution is 2.52. The highest BCUT2D eigenvalue weighted by Gasteiger charge is 2.53. The van der Waals surface area contributed by atoms with Gasteiger partial charge in [0.05, 0.1) is 18.8 Å². The molecule has 0 saturated heterocycles. The molecular formula is C21H28N2O5. The summed E-state index contributed by atoms with van der Waals surface area (Å²) in [5.74, 6) is 0.568. The van der Waals surface area contributed by atoms with Crippen molar-refractivity contribution in [2.45, 2.75) is 46.6 Å². The Morgan fingerprint density at radius 3 is 2.29 bits per heavy atom. The van der Waals surface area contributed by atoms with E-state index in [1.165, 1.54) is 4.57 Å². The molecule has 152 valence electrons. The summed E-state index contributed by atoms with van der Waals surface area (Å²) in [5.41, 5.74) is 0.846. The summed E-state index contributed by atoms with van der Waals surface area (Å²) >= 11 is 0. The quantitative estimate of drug-likeness (QED) is 0.673. The van der Waals surface area contributed by atoms with E-state index in [4.69, 9.17) is 4.74 Å². The zero-order chi connectivity index (χ0) is 20.6. The van der Waals surface area contributed by atoms with Gasteiger partial charge in [-0.15, -0.1) is 0 Å². The first-order chi connectivity index (χ1) is 13.2. The molecule has 1 heterocycles. The predicted molar refractivity (Wildman–Crippen MR) is 106 cm³/mol. The molecule has 7 heteroatoms. The van der Waals surface area contributed by atoms with Gasteiger partial charge in [0.25, 0.3) is 5.56 Å². The molecule has 1 aromatic carbocycles. The van der Waals surface area contributed by atoms with Gasteiger partial charge in [0.2, 0.25) is 5.88 Å². The molecule has 1 aromatic heterocycles. The smallest absolute Gasteiger partial charge is 0.331 e. The van der Waals surface area contributed by atoms with Crippen LogP contribution in [0.3, 0.4) is 0 Å². The van der Waals surface area contributed by atoms with Crippen LogP contribution in [-0.4, -0.2) is 33.0 Å². The van der Waals surface area contributed by atoms with Crippen molar-refractivity contribution < 1.29 is 14.9 Å². The Morgan fingerprint density at radius 1 is 1.18 bits per heavy atom. The van der Waals surface area contributed by atoms with E-state index in [0.29, 0.717) is 17.7 Å². The van der Waals surface area contributed by atoms with Gasteiger partial charge in [0, 0.05) is 12.0 Å². The number of rotatable bonds is 7. The second kappa shape index (κ2) is 7.56. The minimum atomic E-state index is -0.579. The number of hydrogen-bond donors (Lipinski definition) is 3. The zero-order valence-corrected chi connectivity index (χ0v) is 16.8. The lowest BCUT2D eigenvalue weighted by Crippen LogP contribution is -2.35. The number of aromatic amines is 1. The normalized spacial score (nSPS) is 17.8. The lowest BCUT2D eigenvalue weighted by Gasteiger charge is -2.19. The molecule has 3 rings (SSSR count). The van der Waals surface area contributed by atoms with Gasteiger partial charge in [-0.2, -0.15) is 0 Å². The number of aryl methyl sites for hydroxylation is 2. The molecule has 1 aliphatic rings. The third-order valence-corrected chi connectivity index (χ3v) is 5.56. The third-order valence-electron chi connectivity index (χ3n) is 5.56. The number of ether oxygens (including phenoxy) is 1. The average molecular weight is 388 g/mol. The maximum Gasteiger partial charge on any atom is 0.331 e. The second-order valence-electron chi connectivity index (χ2n) is 8.25. The molecule has 3 N–H and O–H groups in total. The Hall–Kier alpha value is -2.38. The van der Waals surface area contributed by atoms with Crippen molar-refractivity contribution in [1.82, 2.24) is 9.55 Å². The fraction of sp³-hybridized carbons (Fsp3) is 0.524. The molecule has 28 heavy (non-hydrogen) atoms. The molecular weight excluding hydrogens is 360 g/mol. The number of benzene rings is 1. The first-order valence-electron chi connectivity index (χ1n) is 9.55. The highest BCUT2D eigenvalue weighted by molar-refractivity contribution is 5.38. The van der Waals surface area contributed by atoms with Crippen molar-refractivity contribution in [2.24, 2.45) is 11.3 Å². The van der Waals surface area contributed by atoms with E-state index in [1.54, 1.807) is 0 Å². The van der Waals surface area contributed by atoms with Crippen LogP contribution in [0, 0.1) is 25.2 Å². The van der Waals surface area contributed by atoms with Crippen LogP contribution in [0.15, 0.2) is 27.8 Å². The average Bonchev–Trinajstić information content (AvgIpc) is 3.30. The van der Waals surface area contributed by atoms with E-state index in [0.717, 1.165) is 11.1 Å². The van der Waals surface area contributed by atoms with Crippen molar-refractivity contribution >= 4 is 0 Å². The summed E-state index contributed by atoms with van der Waals surface area (Å²) in [6.45, 7) is 7.63. The van der Waals surface area contributed by atoms with Crippen LogP contribution in [0.2, 0.25) is 0 Å². The SMILES string of the molecule is Cc1cc(C)cc(Oc2c(C(C)C)c(=O)[nH]c(=O)n2CC2CC2(CO)CO)c1. The van der Waals surface area contributed by atoms with Crippen LogP contribution in [0.1, 0.15) is 42.9 Å². The topological polar surface area (TPSA) is 105 Å². The number of aliphatic hydroxyl groups is 2. The van der Waals surface area contributed by atoms with Crippen molar-refractivity contribution in [3.05, 3.63) is 55.7 Å². The summed E-state index contributed by atoms with van der Waals surface area (Å²) in [6, 6.07) is 5.73. The monoisotopic (exact) mass is 388 g/mol. The second-order valence-corrected chi connectivity index (χ2v) is 8.25. The molecule has 0 radical (unpaired) electrons. The predicted octanol–water partition coefficient (Wildman–Crippen LogP) is 2.06. The maximum atomic E-state index is 12.6. The molecule has 1 atom stereocenters. The van der Waals surface area contributed by atoms with E-state index < -0.39 is 16.7 Å². The molecule has 7 nitrogen and oxygen atoms in total. The van der Waals surface area contributed by atoms with E-state index >= 15 is 0 Å². The standard InChI is InChI=1S/C21H28N2O5/c1-12(2)17-18(26)22-20(27)23(9-15-8-21(15,10-24)11-25)19(17)28-16-6-13(3)5-14(4)7-16/h5-7,12,15,24-25H,8-11H2,1-4H3,(H,22,26,27). The molecule has 0 aliphatic heterocycles. The zero-order valence-electron chi connectivity index (χ0n) is 16.8. The highest BCUT2D eigenvalue weighted by atomic mass is 16.5. The van der Waals surface area contributed by atoms with Gasteiger partial charge in [-0.05, 0) is 55.4 Å². The number of H-pyrrole nitrogens is 1. The Labute approximate surface area is 163 Å². The molecule has 1 saturated carbocycles. The van der Waals surface area contributed by atoms with Crippen molar-refractivity contribution in [3.63, 3.8) is 0 Å². The van der Waals surface area contributed by atoms with E-state index in [2.05, 4.69) is 4.98 Å². The van der Waals surface area contributed by atoms with Gasteiger partial charge < -0.3 is 14.9 Å². The number of hydrogen-bond acceptors (Lipinski definition) is 5. The Morgan fingerprint density at radius 2 is 1.79 bits per heavy atom. The first kappa shape index (κ1) is 20.4. The van der Waals surface area contributed by atoms with Crippen LogP contribution < -0.4 is 16.0 Å². The van der Waals surface area contributed by atoms with Crippen LogP contribution >= 0.6 is 0 Å². The molecule has 0 spiro atoms. The van der Waals surface area contributed by atoms with Gasteiger partial charge >= 0.3 is 5.69 Å². The Kier molecular flexibility index (Phi) is 5.50. The number of nitrogens with zero attached hydrogens (tertiary/aromatic N) is 1. The summed E-state index contributed by atoms with van der Waals surface area (Å²) in [6.07, 6.45) is 0.617. The Bertz CT molecular complexity index is 965. The number of aromatic nitrogens is 2. The third kappa shape index (κ3) is 3.77. The molecule has 1 fully saturated rings. The summed E-state index contributed by atoms with van der Waals surface area (Å²) < 4.78 is 7.53. The van der Waals surface area contributed by atoms with Crippen LogP contribution in [0.4, 0.5) is 0 Å². The largest absolute Gasteiger partial charge is 0.440 e. The summed E-state index contributed by atoms with van der Waals surface area (Å²) in [4.78, 5) is 27.5. The molecule has 0 amide bonds. The fourth-order valence-corrected chi connectivity index (χ4v) is 3.80. The molecule has 1 unspecified atom stereocenters. The van der Waals surface area contributed by atoms with Crippen molar-refractivity contribution in [2.75, 3.05) is 13.2 Å².